The van der Waals surface area contributed by atoms with E-state index >= 15 is 0 Å². The van der Waals surface area contributed by atoms with Crippen LogP contribution in [-0.4, -0.2) is 9.55 Å². The van der Waals surface area contributed by atoms with Gasteiger partial charge in [0.25, 0.3) is 0 Å². The number of unbranched alkanes of at least 4 members (excludes halogenated alkanes) is 1. The molecule has 114 valence electrons. The van der Waals surface area contributed by atoms with Crippen LogP contribution in [-0.2, 0) is 19.3 Å². The van der Waals surface area contributed by atoms with Gasteiger partial charge in [-0.3, -0.25) is 0 Å². The summed E-state index contributed by atoms with van der Waals surface area (Å²) in [6.07, 6.45) is 1.35. The zero-order valence-corrected chi connectivity index (χ0v) is 11.8. The minimum absolute atomic E-state index is 0.313. The molecule has 6 heteroatoms. The lowest BCUT2D eigenvalue weighted by Crippen LogP contribution is -2.09. The normalized spacial score (nSPS) is 11.6. The average Bonchev–Trinajstić information content (AvgIpc) is 2.90. The maximum absolute atomic E-state index is 12.6. The van der Waals surface area contributed by atoms with Gasteiger partial charge in [-0.05, 0) is 24.1 Å². The maximum atomic E-state index is 12.6. The summed E-state index contributed by atoms with van der Waals surface area (Å²) in [6.45, 7) is 3.27. The summed E-state index contributed by atoms with van der Waals surface area (Å²) in [4.78, 5) is 4.18. The first-order valence-electron chi connectivity index (χ1n) is 6.92. The molecule has 0 atom stereocenters. The van der Waals surface area contributed by atoms with Crippen molar-refractivity contribution in [1.29, 1.82) is 0 Å². The number of anilines is 1. The molecular weight excluding hydrogens is 279 g/mol. The van der Waals surface area contributed by atoms with Crippen molar-refractivity contribution in [3.05, 3.63) is 47.8 Å². The van der Waals surface area contributed by atoms with Crippen LogP contribution in [0.4, 0.5) is 19.1 Å². The Morgan fingerprint density at radius 1 is 1.29 bits per heavy atom. The van der Waals surface area contributed by atoms with E-state index in [1.54, 1.807) is 12.3 Å². The van der Waals surface area contributed by atoms with Crippen molar-refractivity contribution in [3.8, 4) is 0 Å². The van der Waals surface area contributed by atoms with Crippen LogP contribution in [0.25, 0.3) is 0 Å². The molecule has 2 aromatic rings. The van der Waals surface area contributed by atoms with Crippen LogP contribution < -0.4 is 5.32 Å². The van der Waals surface area contributed by atoms with Crippen molar-refractivity contribution in [3.63, 3.8) is 0 Å². The number of aromatic nitrogens is 2. The van der Waals surface area contributed by atoms with Crippen molar-refractivity contribution in [2.75, 3.05) is 5.32 Å². The van der Waals surface area contributed by atoms with Gasteiger partial charge < -0.3 is 9.88 Å². The second-order valence-corrected chi connectivity index (χ2v) is 4.85. The molecule has 21 heavy (non-hydrogen) atoms. The number of alkyl halides is 3. The van der Waals surface area contributed by atoms with E-state index in [2.05, 4.69) is 17.2 Å². The zero-order valence-electron chi connectivity index (χ0n) is 11.8. The molecule has 0 aliphatic rings. The Balaban J connectivity index is 2.02. The lowest BCUT2D eigenvalue weighted by atomic mass is 10.1. The molecule has 0 fully saturated rings. The van der Waals surface area contributed by atoms with Crippen LogP contribution in [0.5, 0.6) is 0 Å². The number of rotatable bonds is 6. The monoisotopic (exact) mass is 297 g/mol. The second-order valence-electron chi connectivity index (χ2n) is 4.85. The van der Waals surface area contributed by atoms with E-state index in [9.17, 15) is 13.2 Å². The lowest BCUT2D eigenvalue weighted by molar-refractivity contribution is -0.137. The predicted molar refractivity (Wildman–Crippen MR) is 75.9 cm³/mol. The molecule has 0 amide bonds. The zero-order chi connectivity index (χ0) is 15.3. The Kier molecular flexibility index (Phi) is 4.88. The molecule has 0 saturated carbocycles. The molecule has 0 aliphatic heterocycles. The molecule has 0 spiro atoms. The molecule has 1 heterocycles. The smallest absolute Gasteiger partial charge is 0.352 e. The highest BCUT2D eigenvalue weighted by atomic mass is 19.4. The van der Waals surface area contributed by atoms with E-state index in [0.29, 0.717) is 18.1 Å². The average molecular weight is 297 g/mol. The predicted octanol–water partition coefficient (Wildman–Crippen LogP) is 4.31. The Labute approximate surface area is 121 Å². The van der Waals surface area contributed by atoms with Crippen LogP contribution in [0, 0.1) is 0 Å². The van der Waals surface area contributed by atoms with E-state index in [1.807, 2.05) is 10.8 Å². The number of hydrogen-bond donors (Lipinski definition) is 1. The van der Waals surface area contributed by atoms with Gasteiger partial charge in [0.05, 0.1) is 5.56 Å². The molecule has 0 unspecified atom stereocenters. The Morgan fingerprint density at radius 2 is 2.10 bits per heavy atom. The van der Waals surface area contributed by atoms with Crippen molar-refractivity contribution in [2.24, 2.45) is 0 Å². The summed E-state index contributed by atoms with van der Waals surface area (Å²) in [5, 5.41) is 3.08. The van der Waals surface area contributed by atoms with E-state index in [-0.39, 0.29) is 0 Å². The molecule has 3 nitrogen and oxygen atoms in total. The number of hydrogen-bond acceptors (Lipinski definition) is 2. The first-order chi connectivity index (χ1) is 10.0. The van der Waals surface area contributed by atoms with Gasteiger partial charge in [-0.2, -0.15) is 13.2 Å². The number of imidazole rings is 1. The third-order valence-electron chi connectivity index (χ3n) is 3.17. The fourth-order valence-electron chi connectivity index (χ4n) is 2.02. The molecule has 0 saturated heterocycles. The van der Waals surface area contributed by atoms with Gasteiger partial charge in [0.2, 0.25) is 5.95 Å². The van der Waals surface area contributed by atoms with E-state index in [4.69, 9.17) is 0 Å². The fourth-order valence-corrected chi connectivity index (χ4v) is 2.02. The highest BCUT2D eigenvalue weighted by Crippen LogP contribution is 2.29. The van der Waals surface area contributed by atoms with E-state index in [0.717, 1.165) is 31.5 Å². The Morgan fingerprint density at radius 3 is 2.81 bits per heavy atom. The van der Waals surface area contributed by atoms with Crippen molar-refractivity contribution < 1.29 is 13.2 Å². The SMILES string of the molecule is CCCCn1ccnc1NCc1cccc(C(F)(F)F)c1. The number of nitrogens with one attached hydrogen (secondary N) is 1. The first-order valence-corrected chi connectivity index (χ1v) is 6.92. The largest absolute Gasteiger partial charge is 0.416 e. The molecular formula is C15H18F3N3. The molecule has 2 rings (SSSR count). The summed E-state index contributed by atoms with van der Waals surface area (Å²) >= 11 is 0. The maximum Gasteiger partial charge on any atom is 0.416 e. The standard InChI is InChI=1S/C15H18F3N3/c1-2-3-8-21-9-7-19-14(21)20-11-12-5-4-6-13(10-12)15(16,17)18/h4-7,9-10H,2-3,8,11H2,1H3,(H,19,20). The van der Waals surface area contributed by atoms with Crippen molar-refractivity contribution in [1.82, 2.24) is 9.55 Å². The fraction of sp³-hybridized carbons (Fsp3) is 0.400. The van der Waals surface area contributed by atoms with E-state index in [1.165, 1.54) is 6.07 Å². The van der Waals surface area contributed by atoms with Gasteiger partial charge in [-0.1, -0.05) is 25.5 Å². The number of aryl methyl sites for hydroxylation is 1. The summed E-state index contributed by atoms with van der Waals surface area (Å²) in [5.74, 6) is 0.681. The topological polar surface area (TPSA) is 29.9 Å². The Hall–Kier alpha value is -1.98. The number of benzene rings is 1. The van der Waals surface area contributed by atoms with Crippen LogP contribution in [0.15, 0.2) is 36.7 Å². The van der Waals surface area contributed by atoms with Gasteiger partial charge in [0.15, 0.2) is 0 Å². The number of nitrogens with zero attached hydrogens (tertiary/aromatic N) is 2. The van der Waals surface area contributed by atoms with Gasteiger partial charge in [-0.15, -0.1) is 0 Å². The third-order valence-corrected chi connectivity index (χ3v) is 3.17. The summed E-state index contributed by atoms with van der Waals surface area (Å²) in [6, 6.07) is 5.32. The van der Waals surface area contributed by atoms with Gasteiger partial charge >= 0.3 is 6.18 Å². The summed E-state index contributed by atoms with van der Waals surface area (Å²) in [5.41, 5.74) is -0.0500. The Bertz CT molecular complexity index is 576. The molecule has 0 aliphatic carbocycles. The molecule has 1 aromatic heterocycles. The van der Waals surface area contributed by atoms with Crippen LogP contribution in [0.1, 0.15) is 30.9 Å². The van der Waals surface area contributed by atoms with Crippen LogP contribution in [0.2, 0.25) is 0 Å². The van der Waals surface area contributed by atoms with Crippen molar-refractivity contribution >= 4 is 5.95 Å². The molecule has 1 N–H and O–H groups in total. The molecule has 1 aromatic carbocycles. The molecule has 0 bridgehead atoms. The first kappa shape index (κ1) is 15.4. The molecule has 0 radical (unpaired) electrons. The number of halogens is 3. The highest BCUT2D eigenvalue weighted by Gasteiger charge is 2.30. The quantitative estimate of drug-likeness (QED) is 0.861. The lowest BCUT2D eigenvalue weighted by Gasteiger charge is -2.11. The van der Waals surface area contributed by atoms with Gasteiger partial charge in [0, 0.05) is 25.5 Å². The minimum atomic E-state index is -4.31. The van der Waals surface area contributed by atoms with Crippen LogP contribution >= 0.6 is 0 Å². The van der Waals surface area contributed by atoms with Gasteiger partial charge in [-0.25, -0.2) is 4.98 Å². The van der Waals surface area contributed by atoms with Gasteiger partial charge in [0.1, 0.15) is 0 Å². The van der Waals surface area contributed by atoms with E-state index < -0.39 is 11.7 Å². The third kappa shape index (κ3) is 4.24. The van der Waals surface area contributed by atoms with Crippen molar-refractivity contribution in [2.45, 2.75) is 39.0 Å². The summed E-state index contributed by atoms with van der Waals surface area (Å²) < 4.78 is 39.9. The summed E-state index contributed by atoms with van der Waals surface area (Å²) in [7, 11) is 0. The minimum Gasteiger partial charge on any atom is -0.352 e. The second kappa shape index (κ2) is 6.65. The van der Waals surface area contributed by atoms with Crippen LogP contribution in [0.3, 0.4) is 0 Å². The highest BCUT2D eigenvalue weighted by molar-refractivity contribution is 5.31.